The van der Waals surface area contributed by atoms with Crippen molar-refractivity contribution in [1.82, 2.24) is 24.4 Å². The van der Waals surface area contributed by atoms with Gasteiger partial charge in [-0.1, -0.05) is 26.2 Å². The molecule has 200 valence electrons. The standard InChI is InChI=1S/C20H34N6O2.C4H4O4/c1-3-10-15(2)28-19-23-17(21)16-18(24-19)26(20(27)22-16)14-9-5-8-13-25-11-6-4-7-12-25;5-3(6)1-2-4(7)8/h15H,3-14H2,1-2H3,(H,22,27)(H2,21,23,24);1-2H,(H,5,6)(H,7,8)/b;2-1-/t15-;/m0./s1. The number of piperidine rings is 1. The summed E-state index contributed by atoms with van der Waals surface area (Å²) in [5.74, 6) is -2.26. The highest BCUT2D eigenvalue weighted by atomic mass is 16.5. The Bertz CT molecular complexity index is 1060. The fourth-order valence-corrected chi connectivity index (χ4v) is 4.04. The number of ether oxygens (including phenoxy) is 1. The third-order valence-electron chi connectivity index (χ3n) is 5.81. The lowest BCUT2D eigenvalue weighted by Gasteiger charge is -2.26. The van der Waals surface area contributed by atoms with E-state index in [9.17, 15) is 14.4 Å². The number of unbranched alkanes of at least 4 members (excludes halogenated alkanes) is 2. The van der Waals surface area contributed by atoms with Gasteiger partial charge in [0.1, 0.15) is 5.52 Å². The van der Waals surface area contributed by atoms with Crippen molar-refractivity contribution in [2.75, 3.05) is 25.4 Å². The van der Waals surface area contributed by atoms with Crippen molar-refractivity contribution in [3.05, 3.63) is 22.6 Å². The van der Waals surface area contributed by atoms with Gasteiger partial charge < -0.3 is 30.6 Å². The number of imidazole rings is 1. The summed E-state index contributed by atoms with van der Waals surface area (Å²) in [7, 11) is 0. The number of aromatic nitrogens is 4. The number of nitrogens with zero attached hydrogens (tertiary/aromatic N) is 4. The number of H-pyrrole nitrogens is 1. The van der Waals surface area contributed by atoms with Crippen molar-refractivity contribution < 1.29 is 24.5 Å². The lowest BCUT2D eigenvalue weighted by Crippen LogP contribution is -2.30. The normalized spacial score (nSPS) is 14.9. The van der Waals surface area contributed by atoms with Crippen LogP contribution >= 0.6 is 0 Å². The van der Waals surface area contributed by atoms with Crippen LogP contribution in [0, 0.1) is 0 Å². The molecule has 0 saturated carbocycles. The maximum atomic E-state index is 12.4. The van der Waals surface area contributed by atoms with E-state index in [1.165, 1.54) is 32.4 Å². The Kier molecular flexibility index (Phi) is 11.9. The fourth-order valence-electron chi connectivity index (χ4n) is 4.04. The molecule has 0 amide bonds. The molecule has 0 bridgehead atoms. The lowest BCUT2D eigenvalue weighted by atomic mass is 10.1. The lowest BCUT2D eigenvalue weighted by molar-refractivity contribution is -0.134. The van der Waals surface area contributed by atoms with Crippen LogP contribution in [-0.2, 0) is 16.1 Å². The smallest absolute Gasteiger partial charge is 0.328 e. The van der Waals surface area contributed by atoms with Crippen LogP contribution in [0.4, 0.5) is 5.82 Å². The first kappa shape index (κ1) is 28.8. The van der Waals surface area contributed by atoms with E-state index < -0.39 is 11.9 Å². The van der Waals surface area contributed by atoms with E-state index >= 15 is 0 Å². The zero-order valence-corrected chi connectivity index (χ0v) is 21.1. The second-order valence-electron chi connectivity index (χ2n) is 8.86. The van der Waals surface area contributed by atoms with Crippen molar-refractivity contribution in [3.63, 3.8) is 0 Å². The van der Waals surface area contributed by atoms with Gasteiger partial charge in [0, 0.05) is 18.7 Å². The number of nitrogens with one attached hydrogen (secondary N) is 1. The van der Waals surface area contributed by atoms with Gasteiger partial charge in [-0.3, -0.25) is 4.57 Å². The number of likely N-dealkylation sites (tertiary alicyclic amines) is 1. The van der Waals surface area contributed by atoms with E-state index in [0.29, 0.717) is 29.9 Å². The van der Waals surface area contributed by atoms with Crippen LogP contribution < -0.4 is 16.2 Å². The number of hydrogen-bond acceptors (Lipinski definition) is 8. The highest BCUT2D eigenvalue weighted by Gasteiger charge is 2.16. The highest BCUT2D eigenvalue weighted by molar-refractivity contribution is 5.89. The number of aromatic amines is 1. The predicted molar refractivity (Wildman–Crippen MR) is 136 cm³/mol. The summed E-state index contributed by atoms with van der Waals surface area (Å²) in [6.07, 6.45) is 10.3. The minimum absolute atomic E-state index is 0.00995. The molecule has 0 radical (unpaired) electrons. The van der Waals surface area contributed by atoms with Crippen LogP contribution in [0.5, 0.6) is 6.01 Å². The molecule has 0 spiro atoms. The monoisotopic (exact) mass is 506 g/mol. The summed E-state index contributed by atoms with van der Waals surface area (Å²) in [6.45, 7) is 8.34. The van der Waals surface area contributed by atoms with Gasteiger partial charge in [-0.05, 0) is 58.7 Å². The molecule has 0 unspecified atom stereocenters. The largest absolute Gasteiger partial charge is 0.478 e. The van der Waals surface area contributed by atoms with Crippen LogP contribution in [0.1, 0.15) is 65.2 Å². The van der Waals surface area contributed by atoms with Crippen molar-refractivity contribution in [2.24, 2.45) is 0 Å². The Morgan fingerprint density at radius 2 is 1.72 bits per heavy atom. The Morgan fingerprint density at radius 3 is 2.33 bits per heavy atom. The Labute approximate surface area is 210 Å². The fraction of sp³-hybridized carbons (Fsp3) is 0.625. The van der Waals surface area contributed by atoms with E-state index in [4.69, 9.17) is 20.7 Å². The third-order valence-corrected chi connectivity index (χ3v) is 5.81. The predicted octanol–water partition coefficient (Wildman–Crippen LogP) is 2.64. The van der Waals surface area contributed by atoms with Crippen LogP contribution in [0.3, 0.4) is 0 Å². The van der Waals surface area contributed by atoms with Crippen LogP contribution in [0.25, 0.3) is 11.2 Å². The second kappa shape index (κ2) is 14.9. The number of carboxylic acids is 2. The van der Waals surface area contributed by atoms with E-state index in [2.05, 4.69) is 26.8 Å². The molecule has 0 aliphatic carbocycles. The Balaban J connectivity index is 0.000000493. The zero-order valence-electron chi connectivity index (χ0n) is 21.1. The summed E-state index contributed by atoms with van der Waals surface area (Å²) < 4.78 is 7.44. The quantitative estimate of drug-likeness (QED) is 0.247. The summed E-state index contributed by atoms with van der Waals surface area (Å²) in [6, 6.07) is 0.240. The third kappa shape index (κ3) is 9.68. The average molecular weight is 507 g/mol. The molecule has 1 atom stereocenters. The number of anilines is 1. The van der Waals surface area contributed by atoms with Gasteiger partial charge in [0.2, 0.25) is 0 Å². The van der Waals surface area contributed by atoms with Crippen molar-refractivity contribution in [2.45, 2.75) is 77.9 Å². The van der Waals surface area contributed by atoms with Crippen LogP contribution in [-0.4, -0.2) is 72.3 Å². The van der Waals surface area contributed by atoms with Crippen LogP contribution in [0.15, 0.2) is 16.9 Å². The molecule has 2 aromatic rings. The van der Waals surface area contributed by atoms with Crippen LogP contribution in [0.2, 0.25) is 0 Å². The molecule has 1 aliphatic rings. The zero-order chi connectivity index (χ0) is 26.5. The average Bonchev–Trinajstić information content (AvgIpc) is 3.14. The molecule has 1 fully saturated rings. The number of nitrogens with two attached hydrogens (primary N) is 1. The number of carboxylic acid groups (broad SMARTS) is 2. The molecule has 1 saturated heterocycles. The minimum Gasteiger partial charge on any atom is -0.478 e. The summed E-state index contributed by atoms with van der Waals surface area (Å²) in [5.41, 5.74) is 6.87. The SMILES string of the molecule is CCC[C@H](C)Oc1nc(N)c2[nH]c(=O)n(CCCCCN3CCCCC3)c2n1.O=C(O)/C=C\C(=O)O. The van der Waals surface area contributed by atoms with E-state index in [-0.39, 0.29) is 23.6 Å². The number of rotatable bonds is 12. The van der Waals surface area contributed by atoms with Gasteiger partial charge in [0.15, 0.2) is 11.5 Å². The molecule has 12 heteroatoms. The van der Waals surface area contributed by atoms with E-state index in [1.54, 1.807) is 4.57 Å². The number of fused-ring (bicyclic) bond motifs is 1. The van der Waals surface area contributed by atoms with Gasteiger partial charge in [-0.15, -0.1) is 0 Å². The van der Waals surface area contributed by atoms with Gasteiger partial charge >= 0.3 is 23.6 Å². The Morgan fingerprint density at radius 1 is 1.08 bits per heavy atom. The van der Waals surface area contributed by atoms with Gasteiger partial charge in [0.25, 0.3) is 0 Å². The molecular formula is C24H38N6O6. The molecule has 2 aromatic heterocycles. The number of aliphatic carboxylic acids is 2. The molecule has 3 heterocycles. The maximum absolute atomic E-state index is 12.4. The molecule has 5 N–H and O–H groups in total. The van der Waals surface area contributed by atoms with E-state index in [0.717, 1.165) is 38.6 Å². The molecule has 3 rings (SSSR count). The maximum Gasteiger partial charge on any atom is 0.328 e. The van der Waals surface area contributed by atoms with Gasteiger partial charge in [-0.2, -0.15) is 9.97 Å². The molecular weight excluding hydrogens is 468 g/mol. The first-order valence-electron chi connectivity index (χ1n) is 12.5. The molecule has 1 aliphatic heterocycles. The Hall–Kier alpha value is -3.41. The summed E-state index contributed by atoms with van der Waals surface area (Å²) >= 11 is 0. The van der Waals surface area contributed by atoms with Crippen molar-refractivity contribution >= 4 is 28.9 Å². The first-order valence-corrected chi connectivity index (χ1v) is 12.5. The van der Waals surface area contributed by atoms with Crippen molar-refractivity contribution in [3.8, 4) is 6.01 Å². The van der Waals surface area contributed by atoms with Gasteiger partial charge in [0.05, 0.1) is 6.10 Å². The van der Waals surface area contributed by atoms with E-state index in [1.807, 2.05) is 6.92 Å². The first-order chi connectivity index (χ1) is 17.2. The second-order valence-corrected chi connectivity index (χ2v) is 8.86. The topological polar surface area (TPSA) is 177 Å². The number of carbonyl (C=O) groups is 2. The van der Waals surface area contributed by atoms with Crippen molar-refractivity contribution in [1.29, 1.82) is 0 Å². The minimum atomic E-state index is -1.26. The number of aryl methyl sites for hydroxylation is 1. The summed E-state index contributed by atoms with van der Waals surface area (Å²) in [4.78, 5) is 45.5. The number of hydrogen-bond donors (Lipinski definition) is 4. The summed E-state index contributed by atoms with van der Waals surface area (Å²) in [5, 5.41) is 15.6. The molecule has 36 heavy (non-hydrogen) atoms. The number of nitrogen functional groups attached to an aromatic ring is 1. The highest BCUT2D eigenvalue weighted by Crippen LogP contribution is 2.19. The molecule has 0 aromatic carbocycles. The molecule has 12 nitrogen and oxygen atoms in total. The van der Waals surface area contributed by atoms with Gasteiger partial charge in [-0.25, -0.2) is 14.4 Å².